The van der Waals surface area contributed by atoms with E-state index >= 15 is 0 Å². The first-order chi connectivity index (χ1) is 16.3. The normalized spacial score (nSPS) is 17.6. The number of ether oxygens (including phenoxy) is 1. The Morgan fingerprint density at radius 2 is 2.00 bits per heavy atom. The van der Waals surface area contributed by atoms with Gasteiger partial charge in [0.15, 0.2) is 5.76 Å². The lowest BCUT2D eigenvalue weighted by Crippen LogP contribution is -2.31. The van der Waals surface area contributed by atoms with Crippen LogP contribution in [0.4, 0.5) is 5.69 Å². The summed E-state index contributed by atoms with van der Waals surface area (Å²) in [5.41, 5.74) is 2.29. The Kier molecular flexibility index (Phi) is 6.16. The molecule has 1 unspecified atom stereocenters. The van der Waals surface area contributed by atoms with E-state index in [1.165, 1.54) is 30.2 Å². The summed E-state index contributed by atoms with van der Waals surface area (Å²) in [4.78, 5) is 42.8. The highest BCUT2D eigenvalue weighted by Crippen LogP contribution is 2.40. The van der Waals surface area contributed by atoms with Gasteiger partial charge in [0, 0.05) is 38.6 Å². The monoisotopic (exact) mass is 464 g/mol. The fourth-order valence-electron chi connectivity index (χ4n) is 4.32. The summed E-state index contributed by atoms with van der Waals surface area (Å²) in [6.07, 6.45) is 2.24. The summed E-state index contributed by atoms with van der Waals surface area (Å²) in [6.45, 7) is 4.16. The van der Waals surface area contributed by atoms with Crippen molar-refractivity contribution in [1.29, 1.82) is 0 Å². The second-order valence-electron chi connectivity index (χ2n) is 8.12. The van der Waals surface area contributed by atoms with Gasteiger partial charge in [0.2, 0.25) is 0 Å². The number of hydrogen-bond donors (Lipinski definition) is 1. The Morgan fingerprint density at radius 1 is 1.24 bits per heavy atom. The summed E-state index contributed by atoms with van der Waals surface area (Å²) < 4.78 is 6.87. The Hall–Kier alpha value is -4.05. The number of nitrogens with zero attached hydrogens (tertiary/aromatic N) is 4. The van der Waals surface area contributed by atoms with Crippen molar-refractivity contribution in [1.82, 2.24) is 14.3 Å². The first-order valence-electron chi connectivity index (χ1n) is 10.7. The second-order valence-corrected chi connectivity index (χ2v) is 8.12. The molecule has 1 atom stereocenters. The number of aryl methyl sites for hydroxylation is 2. The number of ketones is 1. The number of methoxy groups -OCH3 is 1. The number of carbonyl (C=O) groups is 2. The molecular weight excluding hydrogens is 440 g/mol. The van der Waals surface area contributed by atoms with Crippen LogP contribution in [0.5, 0.6) is 0 Å². The minimum atomic E-state index is -0.998. The molecule has 176 valence electrons. The molecule has 1 aliphatic rings. The summed E-state index contributed by atoms with van der Waals surface area (Å²) in [5.74, 6) is -2.06. The van der Waals surface area contributed by atoms with Crippen LogP contribution in [0.2, 0.25) is 0 Å². The average molecular weight is 464 g/mol. The molecule has 3 heterocycles. The van der Waals surface area contributed by atoms with Crippen molar-refractivity contribution in [2.75, 3.05) is 20.3 Å². The van der Waals surface area contributed by atoms with Crippen molar-refractivity contribution in [3.05, 3.63) is 80.8 Å². The average Bonchev–Trinajstić information content (AvgIpc) is 3.29. The van der Waals surface area contributed by atoms with Gasteiger partial charge >= 0.3 is 0 Å². The predicted molar refractivity (Wildman–Crippen MR) is 123 cm³/mol. The van der Waals surface area contributed by atoms with E-state index in [1.807, 2.05) is 19.1 Å². The molecule has 34 heavy (non-hydrogen) atoms. The van der Waals surface area contributed by atoms with Crippen LogP contribution in [0.15, 0.2) is 48.2 Å². The van der Waals surface area contributed by atoms with Gasteiger partial charge < -0.3 is 19.1 Å². The number of nitro groups is 1. The van der Waals surface area contributed by atoms with Crippen LogP contribution in [0, 0.1) is 24.0 Å². The highest BCUT2D eigenvalue weighted by atomic mass is 16.6. The van der Waals surface area contributed by atoms with Crippen LogP contribution in [-0.2, 0) is 14.3 Å². The topological polar surface area (TPSA) is 127 Å². The fraction of sp³-hybridized carbons (Fsp3) is 0.292. The van der Waals surface area contributed by atoms with Gasteiger partial charge in [-0.05, 0) is 37.5 Å². The Morgan fingerprint density at radius 3 is 2.68 bits per heavy atom. The number of Topliss-reactive ketones (excluding diaryl/α,β-unsaturated/α-hetero) is 1. The lowest BCUT2D eigenvalue weighted by Gasteiger charge is -2.25. The van der Waals surface area contributed by atoms with E-state index < -0.39 is 28.4 Å². The van der Waals surface area contributed by atoms with Crippen LogP contribution in [0.25, 0.3) is 11.4 Å². The number of carbonyl (C=O) groups excluding carboxylic acids is 2. The van der Waals surface area contributed by atoms with Gasteiger partial charge in [-0.2, -0.15) is 0 Å². The van der Waals surface area contributed by atoms with E-state index in [2.05, 4.69) is 4.98 Å². The number of amides is 1. The molecule has 4 rings (SSSR count). The van der Waals surface area contributed by atoms with Crippen molar-refractivity contribution < 1.29 is 24.4 Å². The van der Waals surface area contributed by atoms with Crippen molar-refractivity contribution in [3.63, 3.8) is 0 Å². The van der Waals surface area contributed by atoms with Crippen molar-refractivity contribution in [2.45, 2.75) is 26.3 Å². The van der Waals surface area contributed by atoms with Crippen molar-refractivity contribution in [2.24, 2.45) is 0 Å². The molecule has 10 heteroatoms. The van der Waals surface area contributed by atoms with Gasteiger partial charge in [0.1, 0.15) is 11.3 Å². The molecular formula is C24H24N4O6. The number of aliphatic hydroxyl groups excluding tert-OH is 1. The maximum atomic E-state index is 13.2. The smallest absolute Gasteiger partial charge is 0.295 e. The number of imidazole rings is 1. The van der Waals surface area contributed by atoms with E-state index in [4.69, 9.17) is 4.74 Å². The van der Waals surface area contributed by atoms with E-state index in [0.717, 1.165) is 5.56 Å². The van der Waals surface area contributed by atoms with E-state index in [9.17, 15) is 24.8 Å². The first kappa shape index (κ1) is 23.1. The molecule has 1 saturated heterocycles. The number of likely N-dealkylation sites (tertiary alicyclic amines) is 1. The molecule has 2 aromatic heterocycles. The van der Waals surface area contributed by atoms with E-state index in [1.54, 1.807) is 23.6 Å². The number of hydrogen-bond acceptors (Lipinski definition) is 7. The zero-order chi connectivity index (χ0) is 24.6. The largest absolute Gasteiger partial charge is 0.505 e. The van der Waals surface area contributed by atoms with Gasteiger partial charge in [0.05, 0.1) is 22.2 Å². The molecule has 1 aliphatic heterocycles. The highest BCUT2D eigenvalue weighted by Gasteiger charge is 2.46. The third-order valence-corrected chi connectivity index (χ3v) is 5.99. The summed E-state index contributed by atoms with van der Waals surface area (Å²) in [6, 6.07) is 8.45. The number of aliphatic hydroxyl groups is 1. The molecule has 1 fully saturated rings. The molecule has 1 aromatic carbocycles. The quantitative estimate of drug-likeness (QED) is 0.142. The first-order valence-corrected chi connectivity index (χ1v) is 10.7. The van der Waals surface area contributed by atoms with Crippen LogP contribution in [0.3, 0.4) is 0 Å². The van der Waals surface area contributed by atoms with Crippen LogP contribution in [-0.4, -0.2) is 56.3 Å². The minimum Gasteiger partial charge on any atom is -0.505 e. The SMILES string of the molecule is COCCCN1C(=O)C(=O)C(=C(O)c2nc3c(C)cccn3c2C)C1c1cccc([N+](=O)[O-])c1. The number of aromatic nitrogens is 2. The van der Waals surface area contributed by atoms with Crippen molar-refractivity contribution in [3.8, 4) is 0 Å². The summed E-state index contributed by atoms with van der Waals surface area (Å²) >= 11 is 0. The Balaban J connectivity index is 1.92. The van der Waals surface area contributed by atoms with E-state index in [-0.39, 0.29) is 23.5 Å². The number of pyridine rings is 1. The van der Waals surface area contributed by atoms with Gasteiger partial charge in [0.25, 0.3) is 17.4 Å². The fourth-order valence-corrected chi connectivity index (χ4v) is 4.32. The number of fused-ring (bicyclic) bond motifs is 1. The zero-order valence-electron chi connectivity index (χ0n) is 19.0. The van der Waals surface area contributed by atoms with Crippen molar-refractivity contribution >= 4 is 28.8 Å². The number of non-ortho nitro benzene ring substituents is 1. The van der Waals surface area contributed by atoms with Crippen LogP contribution < -0.4 is 0 Å². The number of benzene rings is 1. The number of rotatable bonds is 7. The lowest BCUT2D eigenvalue weighted by molar-refractivity contribution is -0.384. The number of nitro benzene ring substituents is 1. The Labute approximate surface area is 195 Å². The third-order valence-electron chi connectivity index (χ3n) is 5.99. The second kappa shape index (κ2) is 9.06. The summed E-state index contributed by atoms with van der Waals surface area (Å²) in [5, 5.41) is 22.7. The molecule has 0 spiro atoms. The van der Waals surface area contributed by atoms with Crippen LogP contribution in [0.1, 0.15) is 35.0 Å². The molecule has 1 N–H and O–H groups in total. The molecule has 1 amide bonds. The lowest BCUT2D eigenvalue weighted by atomic mass is 9.96. The zero-order valence-corrected chi connectivity index (χ0v) is 19.0. The van der Waals surface area contributed by atoms with Gasteiger partial charge in [-0.1, -0.05) is 18.2 Å². The molecule has 10 nitrogen and oxygen atoms in total. The standard InChI is InChI=1S/C24H24N4O6/c1-14-7-5-10-26-15(2)19(25-23(14)26)21(29)18-20(16-8-4-9-17(13-16)28(32)33)27(11-6-12-34-3)24(31)22(18)30/h4-5,7-10,13,20,29H,6,11-12H2,1-3H3. The van der Waals surface area contributed by atoms with Gasteiger partial charge in [-0.3, -0.25) is 19.7 Å². The predicted octanol–water partition coefficient (Wildman–Crippen LogP) is 3.32. The molecule has 0 bridgehead atoms. The molecule has 0 aliphatic carbocycles. The van der Waals surface area contributed by atoms with Gasteiger partial charge in [-0.15, -0.1) is 0 Å². The minimum absolute atomic E-state index is 0.146. The third kappa shape index (κ3) is 3.81. The molecule has 0 radical (unpaired) electrons. The van der Waals surface area contributed by atoms with Gasteiger partial charge in [-0.25, -0.2) is 4.98 Å². The molecule has 0 saturated carbocycles. The Bertz CT molecular complexity index is 1340. The maximum absolute atomic E-state index is 13.2. The highest BCUT2D eigenvalue weighted by molar-refractivity contribution is 6.46. The van der Waals surface area contributed by atoms with Crippen LogP contribution >= 0.6 is 0 Å². The van der Waals surface area contributed by atoms with E-state index in [0.29, 0.717) is 29.9 Å². The summed E-state index contributed by atoms with van der Waals surface area (Å²) in [7, 11) is 1.53. The molecule has 3 aromatic rings. The maximum Gasteiger partial charge on any atom is 0.295 e.